The molecule has 2 aromatic rings. The third-order valence-corrected chi connectivity index (χ3v) is 7.55. The van der Waals surface area contributed by atoms with Crippen molar-refractivity contribution in [1.82, 2.24) is 0 Å². The fourth-order valence-corrected chi connectivity index (χ4v) is 5.29. The van der Waals surface area contributed by atoms with Gasteiger partial charge in [0.05, 0.1) is 12.7 Å². The van der Waals surface area contributed by atoms with Crippen molar-refractivity contribution in [1.29, 1.82) is 0 Å². The standard InChI is InChI=1S/C25H33NO3S/c1-16(2)18(4)26(23(27)20-13-11-17(3)12-14-20)24-21(25(28)29-5)15-22(30-24)19-9-7-6-8-10-19/h6-10,15-18,20H,11-14H2,1-5H3. The molecule has 0 radical (unpaired) electrons. The second kappa shape index (κ2) is 9.78. The summed E-state index contributed by atoms with van der Waals surface area (Å²) in [6.07, 6.45) is 4.02. The van der Waals surface area contributed by atoms with E-state index in [1.165, 1.54) is 18.4 Å². The molecule has 4 nitrogen and oxygen atoms in total. The van der Waals surface area contributed by atoms with Crippen molar-refractivity contribution < 1.29 is 14.3 Å². The van der Waals surface area contributed by atoms with Crippen LogP contribution in [0.5, 0.6) is 0 Å². The lowest BCUT2D eigenvalue weighted by molar-refractivity contribution is -0.124. The molecular weight excluding hydrogens is 394 g/mol. The molecule has 162 valence electrons. The number of hydrogen-bond donors (Lipinski definition) is 0. The van der Waals surface area contributed by atoms with E-state index in [1.54, 1.807) is 0 Å². The van der Waals surface area contributed by atoms with Crippen LogP contribution in [0.1, 0.15) is 63.7 Å². The summed E-state index contributed by atoms with van der Waals surface area (Å²) >= 11 is 1.51. The summed E-state index contributed by atoms with van der Waals surface area (Å²) in [5, 5.41) is 0.713. The van der Waals surface area contributed by atoms with E-state index >= 15 is 0 Å². The molecule has 1 amide bonds. The Bertz CT molecular complexity index is 866. The molecule has 0 N–H and O–H groups in total. The highest BCUT2D eigenvalue weighted by Crippen LogP contribution is 2.41. The number of ether oxygens (including phenoxy) is 1. The number of anilines is 1. The average molecular weight is 428 g/mol. The van der Waals surface area contributed by atoms with Gasteiger partial charge in [0.15, 0.2) is 0 Å². The number of carbonyl (C=O) groups is 2. The van der Waals surface area contributed by atoms with Gasteiger partial charge in [0, 0.05) is 16.8 Å². The molecule has 1 heterocycles. The number of amides is 1. The normalized spacial score (nSPS) is 20.1. The van der Waals surface area contributed by atoms with Gasteiger partial charge in [0.1, 0.15) is 5.00 Å². The van der Waals surface area contributed by atoms with Crippen LogP contribution in [0.2, 0.25) is 0 Å². The molecule has 1 aliphatic carbocycles. The molecule has 30 heavy (non-hydrogen) atoms. The molecular formula is C25H33NO3S. The van der Waals surface area contributed by atoms with Crippen molar-refractivity contribution in [2.45, 2.75) is 59.4 Å². The number of nitrogens with zero attached hydrogens (tertiary/aromatic N) is 1. The van der Waals surface area contributed by atoms with Crippen molar-refractivity contribution >= 4 is 28.2 Å². The van der Waals surface area contributed by atoms with Gasteiger partial charge in [0.2, 0.25) is 5.91 Å². The Morgan fingerprint density at radius 2 is 1.70 bits per heavy atom. The van der Waals surface area contributed by atoms with Gasteiger partial charge in [-0.15, -0.1) is 11.3 Å². The van der Waals surface area contributed by atoms with Gasteiger partial charge in [-0.3, -0.25) is 9.69 Å². The molecule has 1 saturated carbocycles. The Morgan fingerprint density at radius 3 is 2.27 bits per heavy atom. The first-order chi connectivity index (χ1) is 14.3. The van der Waals surface area contributed by atoms with Crippen molar-refractivity contribution in [3.63, 3.8) is 0 Å². The van der Waals surface area contributed by atoms with Crippen LogP contribution in [0.4, 0.5) is 5.00 Å². The molecule has 1 unspecified atom stereocenters. The van der Waals surface area contributed by atoms with Crippen molar-refractivity contribution in [3.05, 3.63) is 42.0 Å². The number of thiophene rings is 1. The maximum atomic E-state index is 13.7. The monoisotopic (exact) mass is 427 g/mol. The van der Waals surface area contributed by atoms with Crippen LogP contribution in [-0.4, -0.2) is 25.0 Å². The third-order valence-electron chi connectivity index (χ3n) is 6.37. The minimum atomic E-state index is -0.394. The summed E-state index contributed by atoms with van der Waals surface area (Å²) in [6.45, 7) is 8.59. The number of esters is 1. The first-order valence-corrected chi connectivity index (χ1v) is 11.8. The summed E-state index contributed by atoms with van der Waals surface area (Å²) in [7, 11) is 1.40. The predicted molar refractivity (Wildman–Crippen MR) is 124 cm³/mol. The van der Waals surface area contributed by atoms with Crippen molar-refractivity contribution in [2.24, 2.45) is 17.8 Å². The highest BCUT2D eigenvalue weighted by Gasteiger charge is 2.35. The Morgan fingerprint density at radius 1 is 1.07 bits per heavy atom. The first-order valence-electron chi connectivity index (χ1n) is 10.9. The Balaban J connectivity index is 2.06. The van der Waals surface area contributed by atoms with E-state index in [1.807, 2.05) is 41.3 Å². The maximum absolute atomic E-state index is 13.7. The van der Waals surface area contributed by atoms with E-state index in [0.717, 1.165) is 36.1 Å². The van der Waals surface area contributed by atoms with Gasteiger partial charge in [-0.05, 0) is 56.1 Å². The second-order valence-corrected chi connectivity index (χ2v) is 9.87. The van der Waals surface area contributed by atoms with Crippen LogP contribution in [-0.2, 0) is 9.53 Å². The smallest absolute Gasteiger partial charge is 0.340 e. The second-order valence-electron chi connectivity index (χ2n) is 8.84. The van der Waals surface area contributed by atoms with Gasteiger partial charge in [-0.25, -0.2) is 4.79 Å². The molecule has 1 aromatic heterocycles. The van der Waals surface area contributed by atoms with E-state index in [4.69, 9.17) is 4.74 Å². The van der Waals surface area contributed by atoms with Gasteiger partial charge in [0.25, 0.3) is 0 Å². The number of rotatable bonds is 6. The van der Waals surface area contributed by atoms with Gasteiger partial charge in [-0.1, -0.05) is 51.1 Å². The zero-order valence-corrected chi connectivity index (χ0v) is 19.5. The van der Waals surface area contributed by atoms with Crippen LogP contribution in [0.15, 0.2) is 36.4 Å². The highest BCUT2D eigenvalue weighted by atomic mass is 32.1. The molecule has 1 atom stereocenters. The van der Waals surface area contributed by atoms with Crippen LogP contribution in [0.25, 0.3) is 10.4 Å². The van der Waals surface area contributed by atoms with Crippen LogP contribution in [0, 0.1) is 17.8 Å². The van der Waals surface area contributed by atoms with E-state index in [0.29, 0.717) is 16.5 Å². The van der Waals surface area contributed by atoms with Crippen molar-refractivity contribution in [2.75, 3.05) is 12.0 Å². The highest BCUT2D eigenvalue weighted by molar-refractivity contribution is 7.20. The lowest BCUT2D eigenvalue weighted by Gasteiger charge is -2.36. The summed E-state index contributed by atoms with van der Waals surface area (Å²) in [5.41, 5.74) is 1.52. The molecule has 0 spiro atoms. The summed E-state index contributed by atoms with van der Waals surface area (Å²) in [5.74, 6) is 0.727. The van der Waals surface area contributed by atoms with E-state index in [2.05, 4.69) is 27.7 Å². The topological polar surface area (TPSA) is 46.6 Å². The Labute approximate surface area is 184 Å². The molecule has 0 aliphatic heterocycles. The van der Waals surface area contributed by atoms with Crippen molar-refractivity contribution in [3.8, 4) is 10.4 Å². The molecule has 3 rings (SSSR count). The summed E-state index contributed by atoms with van der Waals surface area (Å²) in [6, 6.07) is 11.8. The quantitative estimate of drug-likeness (QED) is 0.501. The predicted octanol–water partition coefficient (Wildman–Crippen LogP) is 6.41. The van der Waals surface area contributed by atoms with E-state index in [9.17, 15) is 9.59 Å². The van der Waals surface area contributed by atoms with Crippen LogP contribution >= 0.6 is 11.3 Å². The molecule has 1 fully saturated rings. The molecule has 1 aliphatic rings. The molecule has 1 aromatic carbocycles. The fraction of sp³-hybridized carbons (Fsp3) is 0.520. The van der Waals surface area contributed by atoms with E-state index < -0.39 is 5.97 Å². The fourth-order valence-electron chi connectivity index (χ4n) is 4.05. The maximum Gasteiger partial charge on any atom is 0.340 e. The lowest BCUT2D eigenvalue weighted by Crippen LogP contribution is -2.45. The number of hydrogen-bond acceptors (Lipinski definition) is 4. The molecule has 0 bridgehead atoms. The molecule has 0 saturated heterocycles. The zero-order chi connectivity index (χ0) is 21.8. The largest absolute Gasteiger partial charge is 0.465 e. The summed E-state index contributed by atoms with van der Waals surface area (Å²) < 4.78 is 5.09. The minimum Gasteiger partial charge on any atom is -0.465 e. The lowest BCUT2D eigenvalue weighted by atomic mass is 9.82. The SMILES string of the molecule is COC(=O)c1cc(-c2ccccc2)sc1N(C(=O)C1CCC(C)CC1)C(C)C(C)C. The van der Waals surface area contributed by atoms with Gasteiger partial charge in [-0.2, -0.15) is 0 Å². The Kier molecular flexibility index (Phi) is 7.35. The zero-order valence-electron chi connectivity index (χ0n) is 18.7. The van der Waals surface area contributed by atoms with Gasteiger partial charge < -0.3 is 4.74 Å². The van der Waals surface area contributed by atoms with Crippen LogP contribution < -0.4 is 4.90 Å². The average Bonchev–Trinajstić information content (AvgIpc) is 3.19. The van der Waals surface area contributed by atoms with Gasteiger partial charge >= 0.3 is 5.97 Å². The first kappa shape index (κ1) is 22.5. The third kappa shape index (κ3) is 4.77. The number of carbonyl (C=O) groups excluding carboxylic acids is 2. The minimum absolute atomic E-state index is 0.0115. The molecule has 5 heteroatoms. The van der Waals surface area contributed by atoms with E-state index in [-0.39, 0.29) is 23.8 Å². The summed E-state index contributed by atoms with van der Waals surface area (Å²) in [4.78, 5) is 29.3. The Hall–Kier alpha value is -2.14. The number of benzene rings is 1. The number of methoxy groups -OCH3 is 1. The van der Waals surface area contributed by atoms with Crippen LogP contribution in [0.3, 0.4) is 0 Å².